The predicted molar refractivity (Wildman–Crippen MR) is 80.5 cm³/mol. The van der Waals surface area contributed by atoms with Crippen molar-refractivity contribution < 1.29 is 4.39 Å². The fraction of sp³-hybridized carbons (Fsp3) is 0.467. The minimum Gasteiger partial charge on any atom is -0.271 e. The molecular formula is C15H21FN2S. The molecule has 2 aromatic rings. The number of rotatable bonds is 6. The quantitative estimate of drug-likeness (QED) is 0.609. The topological polar surface area (TPSA) is 38.0 Å². The SMILES string of the molecule is CCC(CC)CC(NN)c1cc2cc(F)ccc2s1. The standard InChI is InChI=1S/C15H21FN2S/c1-3-10(4-2)7-13(18-17)15-9-11-8-12(16)5-6-14(11)19-15/h5-6,8-10,13,18H,3-4,7,17H2,1-2H3. The van der Waals surface area contributed by atoms with E-state index in [1.54, 1.807) is 17.4 Å². The average molecular weight is 280 g/mol. The molecule has 2 rings (SSSR count). The minimum atomic E-state index is -0.186. The van der Waals surface area contributed by atoms with E-state index in [4.69, 9.17) is 5.84 Å². The summed E-state index contributed by atoms with van der Waals surface area (Å²) < 4.78 is 14.3. The van der Waals surface area contributed by atoms with Gasteiger partial charge in [0, 0.05) is 9.58 Å². The summed E-state index contributed by atoms with van der Waals surface area (Å²) in [7, 11) is 0. The van der Waals surface area contributed by atoms with Crippen molar-refractivity contribution >= 4 is 21.4 Å². The Hall–Kier alpha value is -0.970. The fourth-order valence-electron chi connectivity index (χ4n) is 2.43. The number of thiophene rings is 1. The van der Waals surface area contributed by atoms with Crippen LogP contribution in [-0.2, 0) is 0 Å². The summed E-state index contributed by atoms with van der Waals surface area (Å²) in [6, 6.07) is 7.14. The number of halogens is 1. The molecule has 0 aliphatic rings. The molecule has 0 fully saturated rings. The Labute approximate surface area is 117 Å². The maximum atomic E-state index is 13.2. The van der Waals surface area contributed by atoms with Gasteiger partial charge in [0.15, 0.2) is 0 Å². The van der Waals surface area contributed by atoms with Gasteiger partial charge in [0.1, 0.15) is 5.82 Å². The van der Waals surface area contributed by atoms with Crippen LogP contribution in [0.15, 0.2) is 24.3 Å². The Balaban J connectivity index is 2.25. The Morgan fingerprint density at radius 1 is 1.26 bits per heavy atom. The molecule has 1 atom stereocenters. The van der Waals surface area contributed by atoms with E-state index in [1.165, 1.54) is 10.9 Å². The number of hydrogen-bond acceptors (Lipinski definition) is 3. The van der Waals surface area contributed by atoms with Gasteiger partial charge >= 0.3 is 0 Å². The minimum absolute atomic E-state index is 0.158. The van der Waals surface area contributed by atoms with Crippen molar-refractivity contribution in [2.45, 2.75) is 39.2 Å². The second-order valence-corrected chi connectivity index (χ2v) is 6.08. The molecule has 0 amide bonds. The first kappa shape index (κ1) is 14.4. The molecule has 104 valence electrons. The second kappa shape index (κ2) is 6.46. The molecule has 1 aromatic heterocycles. The normalized spacial score (nSPS) is 13.3. The Kier molecular flexibility index (Phi) is 4.91. The van der Waals surface area contributed by atoms with E-state index < -0.39 is 0 Å². The van der Waals surface area contributed by atoms with Crippen LogP contribution in [-0.4, -0.2) is 0 Å². The highest BCUT2D eigenvalue weighted by Crippen LogP contribution is 2.33. The summed E-state index contributed by atoms with van der Waals surface area (Å²) in [4.78, 5) is 1.19. The number of benzene rings is 1. The van der Waals surface area contributed by atoms with Gasteiger partial charge in [0.05, 0.1) is 6.04 Å². The summed E-state index contributed by atoms with van der Waals surface area (Å²) in [6.45, 7) is 4.42. The van der Waals surface area contributed by atoms with Crippen LogP contribution in [0.1, 0.15) is 44.0 Å². The van der Waals surface area contributed by atoms with E-state index >= 15 is 0 Å². The van der Waals surface area contributed by atoms with Crippen LogP contribution < -0.4 is 11.3 Å². The van der Waals surface area contributed by atoms with E-state index in [1.807, 2.05) is 6.07 Å². The molecule has 0 radical (unpaired) electrons. The van der Waals surface area contributed by atoms with E-state index in [9.17, 15) is 4.39 Å². The maximum absolute atomic E-state index is 13.2. The summed E-state index contributed by atoms with van der Waals surface area (Å²) in [5, 5.41) is 0.963. The number of nitrogens with one attached hydrogen (secondary N) is 1. The Morgan fingerprint density at radius 3 is 2.63 bits per heavy atom. The summed E-state index contributed by atoms with van der Waals surface area (Å²) in [5.41, 5.74) is 2.91. The van der Waals surface area contributed by atoms with Crippen LogP contribution in [0.3, 0.4) is 0 Å². The van der Waals surface area contributed by atoms with Crippen molar-refractivity contribution in [2.24, 2.45) is 11.8 Å². The average Bonchev–Trinajstić information content (AvgIpc) is 2.83. The van der Waals surface area contributed by atoms with Gasteiger partial charge in [-0.3, -0.25) is 11.3 Å². The van der Waals surface area contributed by atoms with Crippen molar-refractivity contribution in [1.82, 2.24) is 5.43 Å². The molecule has 19 heavy (non-hydrogen) atoms. The third-order valence-corrected chi connectivity index (χ3v) is 5.00. The molecule has 1 heterocycles. The van der Waals surface area contributed by atoms with Crippen molar-refractivity contribution in [2.75, 3.05) is 0 Å². The van der Waals surface area contributed by atoms with Crippen LogP contribution in [0.5, 0.6) is 0 Å². The summed E-state index contributed by atoms with van der Waals surface area (Å²) in [6.07, 6.45) is 3.35. The van der Waals surface area contributed by atoms with Crippen molar-refractivity contribution in [3.05, 3.63) is 35.0 Å². The zero-order valence-electron chi connectivity index (χ0n) is 11.4. The van der Waals surface area contributed by atoms with Gasteiger partial charge in [-0.15, -0.1) is 11.3 Å². The van der Waals surface area contributed by atoms with Gasteiger partial charge in [-0.05, 0) is 42.0 Å². The van der Waals surface area contributed by atoms with Gasteiger partial charge in [-0.25, -0.2) is 4.39 Å². The van der Waals surface area contributed by atoms with Crippen LogP contribution in [0.2, 0.25) is 0 Å². The predicted octanol–water partition coefficient (Wildman–Crippen LogP) is 4.37. The molecule has 0 aliphatic heterocycles. The van der Waals surface area contributed by atoms with E-state index in [-0.39, 0.29) is 11.9 Å². The second-order valence-electron chi connectivity index (χ2n) is 4.97. The molecule has 4 heteroatoms. The van der Waals surface area contributed by atoms with Crippen LogP contribution >= 0.6 is 11.3 Å². The molecule has 0 bridgehead atoms. The van der Waals surface area contributed by atoms with E-state index in [0.717, 1.165) is 29.3 Å². The lowest BCUT2D eigenvalue weighted by Crippen LogP contribution is -2.29. The Bertz CT molecular complexity index is 534. The van der Waals surface area contributed by atoms with Crippen molar-refractivity contribution in [3.63, 3.8) is 0 Å². The van der Waals surface area contributed by atoms with Crippen LogP contribution in [0.4, 0.5) is 4.39 Å². The molecule has 0 spiro atoms. The lowest BCUT2D eigenvalue weighted by Gasteiger charge is -2.20. The van der Waals surface area contributed by atoms with E-state index in [2.05, 4.69) is 25.3 Å². The number of fused-ring (bicyclic) bond motifs is 1. The fourth-order valence-corrected chi connectivity index (χ4v) is 3.55. The highest BCUT2D eigenvalue weighted by Gasteiger charge is 2.17. The van der Waals surface area contributed by atoms with Gasteiger partial charge in [0.2, 0.25) is 0 Å². The van der Waals surface area contributed by atoms with Gasteiger partial charge in [-0.2, -0.15) is 0 Å². The first-order chi connectivity index (χ1) is 9.17. The first-order valence-corrected chi connectivity index (χ1v) is 7.64. The zero-order chi connectivity index (χ0) is 13.8. The molecule has 0 saturated heterocycles. The maximum Gasteiger partial charge on any atom is 0.123 e. The molecule has 1 unspecified atom stereocenters. The highest BCUT2D eigenvalue weighted by atomic mass is 32.1. The van der Waals surface area contributed by atoms with Gasteiger partial charge < -0.3 is 0 Å². The zero-order valence-corrected chi connectivity index (χ0v) is 12.3. The Morgan fingerprint density at radius 2 is 2.00 bits per heavy atom. The third kappa shape index (κ3) is 3.32. The summed E-state index contributed by atoms with van der Waals surface area (Å²) >= 11 is 1.69. The lowest BCUT2D eigenvalue weighted by molar-refractivity contribution is 0.378. The van der Waals surface area contributed by atoms with Crippen molar-refractivity contribution in [1.29, 1.82) is 0 Å². The largest absolute Gasteiger partial charge is 0.271 e. The number of nitrogens with two attached hydrogens (primary N) is 1. The molecule has 1 aromatic carbocycles. The molecule has 3 N–H and O–H groups in total. The number of hydrogen-bond donors (Lipinski definition) is 2. The lowest BCUT2D eigenvalue weighted by atomic mass is 9.94. The monoisotopic (exact) mass is 280 g/mol. The molecule has 0 saturated carbocycles. The van der Waals surface area contributed by atoms with Gasteiger partial charge in [0.25, 0.3) is 0 Å². The van der Waals surface area contributed by atoms with Crippen LogP contribution in [0.25, 0.3) is 10.1 Å². The smallest absolute Gasteiger partial charge is 0.123 e. The first-order valence-electron chi connectivity index (χ1n) is 6.83. The number of hydrazine groups is 1. The van der Waals surface area contributed by atoms with Crippen LogP contribution in [0, 0.1) is 11.7 Å². The third-order valence-electron chi connectivity index (χ3n) is 3.77. The summed E-state index contributed by atoms with van der Waals surface area (Å²) in [5.74, 6) is 6.18. The van der Waals surface area contributed by atoms with Gasteiger partial charge in [-0.1, -0.05) is 26.7 Å². The molecule has 0 aliphatic carbocycles. The molecule has 2 nitrogen and oxygen atoms in total. The molecular weight excluding hydrogens is 259 g/mol. The van der Waals surface area contributed by atoms with E-state index in [0.29, 0.717) is 5.92 Å². The highest BCUT2D eigenvalue weighted by molar-refractivity contribution is 7.19. The van der Waals surface area contributed by atoms with Crippen molar-refractivity contribution in [3.8, 4) is 0 Å².